The second-order valence-electron chi connectivity index (χ2n) is 8.17. The molecule has 174 valence electrons. The molecule has 1 fully saturated rings. The summed E-state index contributed by atoms with van der Waals surface area (Å²) in [6.07, 6.45) is 0.0223. The fraction of sp³-hybridized carbons (Fsp3) is 0.200. The van der Waals surface area contributed by atoms with E-state index in [1.54, 1.807) is 36.4 Å². The number of nitriles is 1. The number of carboxylic acid groups (broad SMARTS) is 1. The van der Waals surface area contributed by atoms with Gasteiger partial charge < -0.3 is 15.6 Å². The van der Waals surface area contributed by atoms with Gasteiger partial charge in [-0.05, 0) is 53.9 Å². The number of sulfonamides is 1. The van der Waals surface area contributed by atoms with E-state index in [0.29, 0.717) is 16.9 Å². The number of nitrogens with zero attached hydrogens (tertiary/aromatic N) is 2. The lowest BCUT2D eigenvalue weighted by Crippen LogP contribution is -2.64. The van der Waals surface area contributed by atoms with Crippen LogP contribution in [0.2, 0.25) is 0 Å². The van der Waals surface area contributed by atoms with Crippen LogP contribution < -0.4 is 10.5 Å². The van der Waals surface area contributed by atoms with Crippen LogP contribution in [0.25, 0.3) is 0 Å². The van der Waals surface area contributed by atoms with Crippen molar-refractivity contribution in [2.24, 2.45) is 5.73 Å². The number of rotatable bonds is 8. The number of carbonyl (C=O) groups is 1. The highest BCUT2D eigenvalue weighted by Gasteiger charge is 2.52. The summed E-state index contributed by atoms with van der Waals surface area (Å²) >= 11 is 0. The fourth-order valence-electron chi connectivity index (χ4n) is 3.89. The van der Waals surface area contributed by atoms with E-state index in [1.165, 1.54) is 16.4 Å². The molecule has 3 N–H and O–H groups in total. The number of aliphatic carboxylic acids is 1. The number of ether oxygens (including phenoxy) is 1. The van der Waals surface area contributed by atoms with Crippen LogP contribution >= 0.6 is 0 Å². The predicted molar refractivity (Wildman–Crippen MR) is 124 cm³/mol. The van der Waals surface area contributed by atoms with Crippen molar-refractivity contribution in [1.29, 1.82) is 5.26 Å². The number of benzene rings is 3. The van der Waals surface area contributed by atoms with Crippen LogP contribution in [0.5, 0.6) is 5.75 Å². The second kappa shape index (κ2) is 9.27. The molecule has 0 aromatic heterocycles. The van der Waals surface area contributed by atoms with Gasteiger partial charge in [0.15, 0.2) is 5.60 Å². The molecule has 3 aromatic rings. The summed E-state index contributed by atoms with van der Waals surface area (Å²) in [4.78, 5) is 11.1. The van der Waals surface area contributed by atoms with E-state index in [4.69, 9.17) is 20.8 Å². The van der Waals surface area contributed by atoms with E-state index in [2.05, 4.69) is 6.07 Å². The Kier molecular flexibility index (Phi) is 6.39. The molecule has 3 aromatic carbocycles. The monoisotopic (exact) mass is 477 g/mol. The quantitative estimate of drug-likeness (QED) is 0.509. The zero-order valence-corrected chi connectivity index (χ0v) is 19.0. The number of hydrogen-bond acceptors (Lipinski definition) is 6. The average Bonchev–Trinajstić information content (AvgIpc) is 2.82. The zero-order chi connectivity index (χ0) is 24.3. The maximum atomic E-state index is 13.3. The molecule has 1 aliphatic heterocycles. The van der Waals surface area contributed by atoms with Crippen molar-refractivity contribution in [1.82, 2.24) is 4.31 Å². The highest BCUT2D eigenvalue weighted by atomic mass is 32.2. The molecule has 34 heavy (non-hydrogen) atoms. The Morgan fingerprint density at radius 3 is 2.38 bits per heavy atom. The van der Waals surface area contributed by atoms with Crippen LogP contribution in [-0.4, -0.2) is 42.9 Å². The van der Waals surface area contributed by atoms with Gasteiger partial charge in [-0.1, -0.05) is 42.5 Å². The van der Waals surface area contributed by atoms with E-state index >= 15 is 0 Å². The minimum absolute atomic E-state index is 0.0223. The third-order valence-corrected chi connectivity index (χ3v) is 7.56. The fourth-order valence-corrected chi connectivity index (χ4v) is 5.49. The summed E-state index contributed by atoms with van der Waals surface area (Å²) in [6.45, 7) is 0.191. The van der Waals surface area contributed by atoms with Crippen molar-refractivity contribution in [3.05, 3.63) is 95.6 Å². The van der Waals surface area contributed by atoms with E-state index in [-0.39, 0.29) is 24.4 Å². The maximum Gasteiger partial charge on any atom is 0.320 e. The van der Waals surface area contributed by atoms with Crippen LogP contribution in [0.3, 0.4) is 0 Å². The van der Waals surface area contributed by atoms with Gasteiger partial charge >= 0.3 is 5.97 Å². The van der Waals surface area contributed by atoms with Crippen molar-refractivity contribution in [2.45, 2.75) is 23.0 Å². The number of nitrogens with two attached hydrogens (primary N) is 1. The second-order valence-corrected chi connectivity index (χ2v) is 10.1. The normalized spacial score (nSPS) is 16.1. The molecule has 0 unspecified atom stereocenters. The standard InChI is InChI=1S/C25H23N3O5S/c26-15-18-9-11-21(12-10-18)33-25(20-6-2-1-3-7-20)16-28(17-25)34(31,32)22-8-4-5-19(13-22)14-23(27)24(29)30/h1-13,23H,14,16-17,27H2,(H,29,30)/t23-/m0/s1. The molecule has 0 amide bonds. The molecule has 0 radical (unpaired) electrons. The molecule has 1 saturated heterocycles. The van der Waals surface area contributed by atoms with Crippen LogP contribution in [0.1, 0.15) is 16.7 Å². The van der Waals surface area contributed by atoms with Gasteiger partial charge in [0, 0.05) is 0 Å². The van der Waals surface area contributed by atoms with Crippen LogP contribution in [0, 0.1) is 11.3 Å². The van der Waals surface area contributed by atoms with Crippen molar-refractivity contribution < 1.29 is 23.1 Å². The summed E-state index contributed by atoms with van der Waals surface area (Å²) in [5.41, 5.74) is 6.59. The Hall–Kier alpha value is -3.71. The first-order chi connectivity index (χ1) is 16.2. The van der Waals surface area contributed by atoms with E-state index in [9.17, 15) is 13.2 Å². The Morgan fingerprint density at radius 2 is 1.76 bits per heavy atom. The molecule has 1 aliphatic rings. The summed E-state index contributed by atoms with van der Waals surface area (Å²) in [5, 5.41) is 18.1. The van der Waals surface area contributed by atoms with Gasteiger partial charge in [0.05, 0.1) is 29.6 Å². The van der Waals surface area contributed by atoms with Gasteiger partial charge in [-0.25, -0.2) is 8.42 Å². The minimum atomic E-state index is -3.84. The zero-order valence-electron chi connectivity index (χ0n) is 18.2. The lowest BCUT2D eigenvalue weighted by atomic mass is 9.87. The first-order valence-corrected chi connectivity index (χ1v) is 12.0. The van der Waals surface area contributed by atoms with Crippen molar-refractivity contribution in [3.8, 4) is 11.8 Å². The molecule has 1 heterocycles. The van der Waals surface area contributed by atoms with Gasteiger partial charge in [-0.3, -0.25) is 4.79 Å². The lowest BCUT2D eigenvalue weighted by molar-refractivity contribution is -0.138. The Labute approximate surface area is 197 Å². The highest BCUT2D eigenvalue weighted by Crippen LogP contribution is 2.40. The van der Waals surface area contributed by atoms with Gasteiger partial charge in [0.1, 0.15) is 11.8 Å². The largest absolute Gasteiger partial charge is 0.480 e. The molecular formula is C25H23N3O5S. The van der Waals surface area contributed by atoms with E-state index < -0.39 is 27.6 Å². The van der Waals surface area contributed by atoms with Crippen LogP contribution in [-0.2, 0) is 26.8 Å². The molecule has 8 nitrogen and oxygen atoms in total. The Morgan fingerprint density at radius 1 is 1.09 bits per heavy atom. The molecule has 0 bridgehead atoms. The number of hydrogen-bond donors (Lipinski definition) is 2. The van der Waals surface area contributed by atoms with Crippen LogP contribution in [0.4, 0.5) is 0 Å². The van der Waals surface area contributed by atoms with Gasteiger partial charge in [-0.15, -0.1) is 0 Å². The third kappa shape index (κ3) is 4.65. The smallest absolute Gasteiger partial charge is 0.320 e. The van der Waals surface area contributed by atoms with Crippen molar-refractivity contribution >= 4 is 16.0 Å². The SMILES string of the molecule is N#Cc1ccc(OC2(c3ccccc3)CN(S(=O)(=O)c3cccc(C[C@H](N)C(=O)O)c3)C2)cc1. The number of carboxylic acids is 1. The molecule has 0 aliphatic carbocycles. The van der Waals surface area contributed by atoms with Crippen LogP contribution in [0.15, 0.2) is 83.8 Å². The highest BCUT2D eigenvalue weighted by molar-refractivity contribution is 7.89. The molecular weight excluding hydrogens is 454 g/mol. The van der Waals surface area contributed by atoms with E-state index in [1.807, 2.05) is 30.3 Å². The maximum absolute atomic E-state index is 13.3. The van der Waals surface area contributed by atoms with Crippen molar-refractivity contribution in [2.75, 3.05) is 13.1 Å². The molecule has 9 heteroatoms. The lowest BCUT2D eigenvalue weighted by Gasteiger charge is -2.48. The van der Waals surface area contributed by atoms with Gasteiger partial charge in [0.25, 0.3) is 0 Å². The molecule has 0 saturated carbocycles. The summed E-state index contributed by atoms with van der Waals surface area (Å²) in [7, 11) is -3.84. The first-order valence-electron chi connectivity index (χ1n) is 10.6. The minimum Gasteiger partial charge on any atom is -0.480 e. The Balaban J connectivity index is 1.58. The van der Waals surface area contributed by atoms with E-state index in [0.717, 1.165) is 5.56 Å². The topological polar surface area (TPSA) is 134 Å². The molecule has 0 spiro atoms. The third-order valence-electron chi connectivity index (χ3n) is 5.77. The summed E-state index contributed by atoms with van der Waals surface area (Å²) in [5.74, 6) is -0.617. The first kappa shape index (κ1) is 23.4. The molecule has 4 rings (SSSR count). The van der Waals surface area contributed by atoms with Gasteiger partial charge in [-0.2, -0.15) is 9.57 Å². The predicted octanol–water partition coefficient (Wildman–Crippen LogP) is 2.49. The average molecular weight is 478 g/mol. The Bertz CT molecular complexity index is 1330. The summed E-state index contributed by atoms with van der Waals surface area (Å²) in [6, 6.07) is 23.2. The van der Waals surface area contributed by atoms with Gasteiger partial charge in [0.2, 0.25) is 10.0 Å². The summed E-state index contributed by atoms with van der Waals surface area (Å²) < 4.78 is 34.3. The molecule has 1 atom stereocenters. The van der Waals surface area contributed by atoms with Crippen molar-refractivity contribution in [3.63, 3.8) is 0 Å².